The van der Waals surface area contributed by atoms with Crippen LogP contribution in [0.4, 0.5) is 0 Å². The normalized spacial score (nSPS) is 14.1. The Hall–Kier alpha value is -0.0110. The number of fused-ring (bicyclic) bond motifs is 1. The van der Waals surface area contributed by atoms with Crippen molar-refractivity contribution in [3.63, 3.8) is 0 Å². The summed E-state index contributed by atoms with van der Waals surface area (Å²) in [6, 6.07) is 0. The molecule has 0 unspecified atom stereocenters. The predicted molar refractivity (Wildman–Crippen MR) is 74.9 cm³/mol. The average Bonchev–Trinajstić information content (AvgIpc) is 2.74. The summed E-state index contributed by atoms with van der Waals surface area (Å²) < 4.78 is 13.5. The van der Waals surface area contributed by atoms with Gasteiger partial charge < -0.3 is 0 Å². The first-order valence-electron chi connectivity index (χ1n) is 4.47. The molecule has 0 fully saturated rings. The molecule has 96 valence electrons. The first kappa shape index (κ1) is 14.4. The molecule has 1 aliphatic rings. The van der Waals surface area contributed by atoms with Crippen molar-refractivity contribution in [1.82, 2.24) is 0 Å². The number of rotatable bonds is 2. The third-order valence-electron chi connectivity index (χ3n) is 1.86. The molecular formula is C9H6O4S3Se2. The number of esters is 2. The molecule has 0 saturated carbocycles. The van der Waals surface area contributed by atoms with Gasteiger partial charge in [-0.2, -0.15) is 0 Å². The van der Waals surface area contributed by atoms with Gasteiger partial charge >= 0.3 is 130 Å². The standard InChI is InChI=1S/C9H6O4S3Se2/c1-12-5(10)3-4(6(11)13-2)18-8-7(17-3)15-9(14)16-8/h1-2H3. The van der Waals surface area contributed by atoms with Crippen molar-refractivity contribution in [2.24, 2.45) is 0 Å². The molecule has 0 spiro atoms. The maximum atomic E-state index is 11.7. The van der Waals surface area contributed by atoms with Crippen LogP contribution < -0.4 is 7.55 Å². The number of carbonyl (C=O) groups is 2. The molecule has 2 rings (SSSR count). The number of methoxy groups -OCH3 is 2. The van der Waals surface area contributed by atoms with E-state index in [-0.39, 0.29) is 29.9 Å². The zero-order valence-electron chi connectivity index (χ0n) is 9.17. The molecule has 1 aromatic rings. The molecule has 0 aliphatic carbocycles. The second-order valence-electron chi connectivity index (χ2n) is 2.87. The number of hydrogen-bond acceptors (Lipinski definition) is 7. The Morgan fingerprint density at radius 3 is 1.72 bits per heavy atom. The van der Waals surface area contributed by atoms with Gasteiger partial charge in [0.15, 0.2) is 0 Å². The van der Waals surface area contributed by atoms with Crippen molar-refractivity contribution in [2.45, 2.75) is 0 Å². The van der Waals surface area contributed by atoms with Crippen LogP contribution in [0.3, 0.4) is 0 Å². The summed E-state index contributed by atoms with van der Waals surface area (Å²) >= 11 is 7.77. The topological polar surface area (TPSA) is 52.6 Å². The van der Waals surface area contributed by atoms with Gasteiger partial charge in [0.1, 0.15) is 0 Å². The second kappa shape index (κ2) is 5.96. The van der Waals surface area contributed by atoms with Gasteiger partial charge in [-0.1, -0.05) is 0 Å². The van der Waals surface area contributed by atoms with E-state index in [1.807, 2.05) is 0 Å². The van der Waals surface area contributed by atoms with Crippen molar-refractivity contribution in [3.8, 4) is 0 Å². The molecule has 2 heterocycles. The predicted octanol–water partition coefficient (Wildman–Crippen LogP) is -0.231. The summed E-state index contributed by atoms with van der Waals surface area (Å²) in [5.74, 6) is -0.875. The number of hydrogen-bond donors (Lipinski definition) is 0. The number of carbonyl (C=O) groups excluding carboxylic acids is 2. The van der Waals surface area contributed by atoms with Gasteiger partial charge in [-0.15, -0.1) is 0 Å². The Balaban J connectivity index is 2.47. The van der Waals surface area contributed by atoms with Crippen molar-refractivity contribution >= 4 is 84.3 Å². The molecule has 18 heavy (non-hydrogen) atoms. The van der Waals surface area contributed by atoms with Crippen LogP contribution >= 0.6 is 34.9 Å². The third-order valence-corrected chi connectivity index (χ3v) is 12.0. The van der Waals surface area contributed by atoms with Crippen LogP contribution in [0, 0.1) is 3.14 Å². The Morgan fingerprint density at radius 1 is 1.00 bits per heavy atom. The molecule has 4 nitrogen and oxygen atoms in total. The first-order chi connectivity index (χ1) is 8.56. The van der Waals surface area contributed by atoms with E-state index in [0.717, 1.165) is 10.7 Å². The summed E-state index contributed by atoms with van der Waals surface area (Å²) in [5, 5.41) is 0. The summed E-state index contributed by atoms with van der Waals surface area (Å²) in [6.07, 6.45) is 0. The van der Waals surface area contributed by atoms with Gasteiger partial charge in [-0.25, -0.2) is 0 Å². The Kier molecular flexibility index (Phi) is 4.77. The minimum absolute atomic E-state index is 0.218. The molecule has 1 aromatic heterocycles. The second-order valence-corrected chi connectivity index (χ2v) is 11.5. The molecule has 0 amide bonds. The summed E-state index contributed by atoms with van der Waals surface area (Å²) in [5.41, 5.74) is 0. The van der Waals surface area contributed by atoms with E-state index in [0.29, 0.717) is 8.94 Å². The number of ether oxygens (including phenoxy) is 2. The molecule has 0 bridgehead atoms. The SMILES string of the molecule is COC(=O)C1=C(C(=O)OC)[Se]c2sc(=S)sc2[Se]1. The van der Waals surface area contributed by atoms with Gasteiger partial charge in [0, 0.05) is 0 Å². The van der Waals surface area contributed by atoms with Crippen LogP contribution in [0.25, 0.3) is 0 Å². The third kappa shape index (κ3) is 2.77. The zero-order chi connectivity index (χ0) is 13.3. The van der Waals surface area contributed by atoms with Crippen LogP contribution in [0.15, 0.2) is 8.94 Å². The van der Waals surface area contributed by atoms with Crippen LogP contribution in [0.2, 0.25) is 0 Å². The monoisotopic (exact) mass is 434 g/mol. The van der Waals surface area contributed by atoms with Crippen LogP contribution in [-0.4, -0.2) is 56.1 Å². The van der Waals surface area contributed by atoms with Gasteiger partial charge in [-0.05, 0) is 0 Å². The zero-order valence-corrected chi connectivity index (χ0v) is 15.0. The van der Waals surface area contributed by atoms with Crippen molar-refractivity contribution in [3.05, 3.63) is 12.1 Å². The van der Waals surface area contributed by atoms with E-state index < -0.39 is 11.9 Å². The van der Waals surface area contributed by atoms with Crippen LogP contribution in [0.5, 0.6) is 0 Å². The van der Waals surface area contributed by atoms with E-state index in [4.69, 9.17) is 21.7 Å². The van der Waals surface area contributed by atoms with Gasteiger partial charge in [0.25, 0.3) is 0 Å². The Labute approximate surface area is 129 Å². The van der Waals surface area contributed by atoms with E-state index in [2.05, 4.69) is 0 Å². The van der Waals surface area contributed by atoms with E-state index >= 15 is 0 Å². The van der Waals surface area contributed by atoms with Gasteiger partial charge in [0.2, 0.25) is 0 Å². The molecule has 0 atom stereocenters. The average molecular weight is 432 g/mol. The first-order valence-corrected chi connectivity index (χ1v) is 9.94. The van der Waals surface area contributed by atoms with E-state index in [1.165, 1.54) is 36.9 Å². The Bertz CT molecular complexity index is 553. The molecular weight excluding hydrogens is 426 g/mol. The van der Waals surface area contributed by atoms with Gasteiger partial charge in [0.05, 0.1) is 0 Å². The van der Waals surface area contributed by atoms with Crippen LogP contribution in [-0.2, 0) is 19.1 Å². The van der Waals surface area contributed by atoms with Crippen LogP contribution in [0.1, 0.15) is 0 Å². The van der Waals surface area contributed by atoms with Crippen molar-refractivity contribution < 1.29 is 19.1 Å². The summed E-state index contributed by atoms with van der Waals surface area (Å²) in [6.45, 7) is 0. The van der Waals surface area contributed by atoms with Crippen molar-refractivity contribution in [2.75, 3.05) is 14.2 Å². The minimum atomic E-state index is -0.438. The van der Waals surface area contributed by atoms with Crippen molar-refractivity contribution in [1.29, 1.82) is 0 Å². The van der Waals surface area contributed by atoms with Gasteiger partial charge in [-0.3, -0.25) is 0 Å². The molecule has 9 heteroatoms. The quantitative estimate of drug-likeness (QED) is 0.367. The summed E-state index contributed by atoms with van der Waals surface area (Å²) in [7, 11) is 2.64. The molecule has 1 aliphatic heterocycles. The molecule has 0 saturated heterocycles. The molecule has 0 aromatic carbocycles. The molecule has 0 N–H and O–H groups in total. The fraction of sp³-hybridized carbons (Fsp3) is 0.222. The fourth-order valence-corrected chi connectivity index (χ4v) is 12.3. The molecule has 0 radical (unpaired) electrons. The maximum absolute atomic E-state index is 11.7. The Morgan fingerprint density at radius 2 is 1.39 bits per heavy atom. The summed E-state index contributed by atoms with van der Waals surface area (Å²) in [4.78, 5) is 23.5. The van der Waals surface area contributed by atoms with E-state index in [1.54, 1.807) is 0 Å². The van der Waals surface area contributed by atoms with E-state index in [9.17, 15) is 9.59 Å². The fourth-order valence-electron chi connectivity index (χ4n) is 1.11.